The highest BCUT2D eigenvalue weighted by Gasteiger charge is 2.05. The van der Waals surface area contributed by atoms with Gasteiger partial charge in [0.1, 0.15) is 29.8 Å². The number of carboxylic acids is 1. The van der Waals surface area contributed by atoms with Gasteiger partial charge in [-0.1, -0.05) is 24.3 Å². The maximum Gasteiger partial charge on any atom is 0.346 e. The molecule has 1 N–H and O–H groups in total. The lowest BCUT2D eigenvalue weighted by atomic mass is 10.1. The molecule has 0 aromatic heterocycles. The highest BCUT2D eigenvalue weighted by Crippen LogP contribution is 2.16. The molecule has 2 rings (SSSR count). The van der Waals surface area contributed by atoms with Gasteiger partial charge in [-0.3, -0.25) is 0 Å². The van der Waals surface area contributed by atoms with Crippen LogP contribution >= 0.6 is 0 Å². The number of benzene rings is 2. The standard InChI is InChI=1S/C17H12FNO3/c18-15-5-1-13(2-6-15)11-22-16-7-3-12(4-8-16)9-14(10-19)17(20)21/h1-9H,11H2,(H,20,21). The van der Waals surface area contributed by atoms with Crippen molar-refractivity contribution in [1.82, 2.24) is 0 Å². The molecule has 110 valence electrons. The summed E-state index contributed by atoms with van der Waals surface area (Å²) in [4.78, 5) is 10.7. The number of hydrogen-bond acceptors (Lipinski definition) is 3. The largest absolute Gasteiger partial charge is 0.489 e. The third kappa shape index (κ3) is 4.18. The Kier molecular flexibility index (Phi) is 4.89. The first-order valence-electron chi connectivity index (χ1n) is 6.41. The zero-order valence-corrected chi connectivity index (χ0v) is 11.5. The minimum Gasteiger partial charge on any atom is -0.489 e. The Morgan fingerprint density at radius 1 is 1.18 bits per heavy atom. The van der Waals surface area contributed by atoms with E-state index >= 15 is 0 Å². The van der Waals surface area contributed by atoms with Crippen LogP contribution in [0.4, 0.5) is 4.39 Å². The van der Waals surface area contributed by atoms with Crippen molar-refractivity contribution in [3.8, 4) is 11.8 Å². The van der Waals surface area contributed by atoms with Crippen LogP contribution in [-0.2, 0) is 11.4 Å². The van der Waals surface area contributed by atoms with Gasteiger partial charge in [0.05, 0.1) is 0 Å². The fraction of sp³-hybridized carbons (Fsp3) is 0.0588. The fourth-order valence-electron chi connectivity index (χ4n) is 1.72. The Labute approximate surface area is 126 Å². The monoisotopic (exact) mass is 297 g/mol. The van der Waals surface area contributed by atoms with E-state index in [9.17, 15) is 9.18 Å². The van der Waals surface area contributed by atoms with E-state index in [0.717, 1.165) is 5.56 Å². The molecule has 0 amide bonds. The minimum absolute atomic E-state index is 0.299. The average Bonchev–Trinajstić information content (AvgIpc) is 2.53. The molecule has 0 heterocycles. The Hall–Kier alpha value is -3.13. The van der Waals surface area contributed by atoms with Gasteiger partial charge < -0.3 is 9.84 Å². The molecule has 0 saturated heterocycles. The normalized spacial score (nSPS) is 10.8. The number of hydrogen-bond donors (Lipinski definition) is 1. The van der Waals surface area contributed by atoms with Crippen LogP contribution in [0.3, 0.4) is 0 Å². The lowest BCUT2D eigenvalue weighted by Crippen LogP contribution is -1.97. The third-order valence-corrected chi connectivity index (χ3v) is 2.86. The van der Waals surface area contributed by atoms with Crippen molar-refractivity contribution >= 4 is 12.0 Å². The molecule has 0 atom stereocenters. The van der Waals surface area contributed by atoms with Crippen molar-refractivity contribution in [3.63, 3.8) is 0 Å². The Morgan fingerprint density at radius 2 is 1.82 bits per heavy atom. The second-order valence-corrected chi connectivity index (χ2v) is 4.46. The number of halogens is 1. The molecule has 4 nitrogen and oxygen atoms in total. The van der Waals surface area contributed by atoms with Gasteiger partial charge in [-0.25, -0.2) is 9.18 Å². The van der Waals surface area contributed by atoms with Gasteiger partial charge in [0.25, 0.3) is 0 Å². The van der Waals surface area contributed by atoms with Gasteiger partial charge in [-0.2, -0.15) is 5.26 Å². The Bertz CT molecular complexity index is 728. The molecule has 22 heavy (non-hydrogen) atoms. The van der Waals surface area contributed by atoms with E-state index in [4.69, 9.17) is 15.1 Å². The maximum absolute atomic E-state index is 12.8. The van der Waals surface area contributed by atoms with E-state index in [1.807, 2.05) is 0 Å². The van der Waals surface area contributed by atoms with E-state index in [1.54, 1.807) is 42.5 Å². The molecule has 0 unspecified atom stereocenters. The van der Waals surface area contributed by atoms with Gasteiger partial charge in [-0.05, 0) is 41.5 Å². The number of nitriles is 1. The molecule has 0 bridgehead atoms. The molecule has 5 heteroatoms. The van der Waals surface area contributed by atoms with Gasteiger partial charge in [0.2, 0.25) is 0 Å². The van der Waals surface area contributed by atoms with Crippen LogP contribution in [0.2, 0.25) is 0 Å². The summed E-state index contributed by atoms with van der Waals surface area (Å²) in [5, 5.41) is 17.5. The summed E-state index contributed by atoms with van der Waals surface area (Å²) in [5.74, 6) is -0.971. The lowest BCUT2D eigenvalue weighted by Gasteiger charge is -2.06. The topological polar surface area (TPSA) is 70.3 Å². The zero-order valence-electron chi connectivity index (χ0n) is 11.5. The molecule has 2 aromatic carbocycles. The number of aliphatic carboxylic acids is 1. The number of rotatable bonds is 5. The van der Waals surface area contributed by atoms with Crippen LogP contribution in [0.25, 0.3) is 6.08 Å². The highest BCUT2D eigenvalue weighted by atomic mass is 19.1. The van der Waals surface area contributed by atoms with Crippen molar-refractivity contribution in [2.45, 2.75) is 6.61 Å². The summed E-state index contributed by atoms with van der Waals surface area (Å²) < 4.78 is 18.3. The molecular formula is C17H12FNO3. The molecule has 0 aliphatic rings. The molecule has 0 radical (unpaired) electrons. The Balaban J connectivity index is 2.02. The fourth-order valence-corrected chi connectivity index (χ4v) is 1.72. The second-order valence-electron chi connectivity index (χ2n) is 4.46. The van der Waals surface area contributed by atoms with Gasteiger partial charge in [-0.15, -0.1) is 0 Å². The van der Waals surface area contributed by atoms with Crippen LogP contribution < -0.4 is 4.74 Å². The predicted octanol–water partition coefficient (Wildman–Crippen LogP) is 3.40. The van der Waals surface area contributed by atoms with E-state index in [0.29, 0.717) is 17.9 Å². The molecule has 0 saturated carbocycles. The van der Waals surface area contributed by atoms with Crippen molar-refractivity contribution in [2.24, 2.45) is 0 Å². The number of carboxylic acid groups (broad SMARTS) is 1. The summed E-state index contributed by atoms with van der Waals surface area (Å²) in [5.41, 5.74) is 1.09. The van der Waals surface area contributed by atoms with Gasteiger partial charge >= 0.3 is 5.97 Å². The average molecular weight is 297 g/mol. The number of ether oxygens (including phenoxy) is 1. The molecule has 0 aliphatic heterocycles. The molecule has 0 spiro atoms. The van der Waals surface area contributed by atoms with Crippen molar-refractivity contribution in [2.75, 3.05) is 0 Å². The summed E-state index contributed by atoms with van der Waals surface area (Å²) in [6.45, 7) is 0.300. The smallest absolute Gasteiger partial charge is 0.346 e. The number of carbonyl (C=O) groups is 1. The highest BCUT2D eigenvalue weighted by molar-refractivity contribution is 5.96. The first kappa shape index (κ1) is 15.3. The first-order chi connectivity index (χ1) is 10.6. The van der Waals surface area contributed by atoms with E-state index in [-0.39, 0.29) is 11.4 Å². The molecular weight excluding hydrogens is 285 g/mol. The van der Waals surface area contributed by atoms with Crippen LogP contribution in [0.15, 0.2) is 54.1 Å². The molecule has 0 fully saturated rings. The maximum atomic E-state index is 12.8. The third-order valence-electron chi connectivity index (χ3n) is 2.86. The second kappa shape index (κ2) is 7.04. The predicted molar refractivity (Wildman–Crippen MR) is 78.4 cm³/mol. The van der Waals surface area contributed by atoms with Crippen molar-refractivity contribution < 1.29 is 19.0 Å². The van der Waals surface area contributed by atoms with E-state index < -0.39 is 5.97 Å². The summed E-state index contributed by atoms with van der Waals surface area (Å²) >= 11 is 0. The zero-order chi connectivity index (χ0) is 15.9. The summed E-state index contributed by atoms with van der Waals surface area (Å²) in [6.07, 6.45) is 1.28. The quantitative estimate of drug-likeness (QED) is 0.678. The first-order valence-corrected chi connectivity index (χ1v) is 6.41. The molecule has 2 aromatic rings. The van der Waals surface area contributed by atoms with Crippen LogP contribution in [-0.4, -0.2) is 11.1 Å². The SMILES string of the molecule is N#CC(=Cc1ccc(OCc2ccc(F)cc2)cc1)C(=O)O. The van der Waals surface area contributed by atoms with Gasteiger partial charge in [0.15, 0.2) is 0 Å². The van der Waals surface area contributed by atoms with Crippen molar-refractivity contribution in [1.29, 1.82) is 5.26 Å². The number of nitrogens with zero attached hydrogens (tertiary/aromatic N) is 1. The van der Waals surface area contributed by atoms with E-state index in [1.165, 1.54) is 18.2 Å². The lowest BCUT2D eigenvalue weighted by molar-refractivity contribution is -0.132. The van der Waals surface area contributed by atoms with E-state index in [2.05, 4.69) is 0 Å². The molecule has 0 aliphatic carbocycles. The Morgan fingerprint density at radius 3 is 2.36 bits per heavy atom. The summed E-state index contributed by atoms with van der Waals surface area (Å²) in [7, 11) is 0. The minimum atomic E-state index is -1.26. The summed E-state index contributed by atoms with van der Waals surface area (Å²) in [6, 6.07) is 14.3. The van der Waals surface area contributed by atoms with Gasteiger partial charge in [0, 0.05) is 0 Å². The van der Waals surface area contributed by atoms with Crippen LogP contribution in [0.1, 0.15) is 11.1 Å². The van der Waals surface area contributed by atoms with Crippen LogP contribution in [0.5, 0.6) is 5.75 Å². The van der Waals surface area contributed by atoms with Crippen LogP contribution in [0, 0.1) is 17.1 Å². The van der Waals surface area contributed by atoms with Crippen molar-refractivity contribution in [3.05, 3.63) is 71.0 Å².